The lowest BCUT2D eigenvalue weighted by atomic mass is 10.2. The first-order valence-corrected chi connectivity index (χ1v) is 7.46. The minimum atomic E-state index is -0.679. The third-order valence-corrected chi connectivity index (χ3v) is 4.01. The van der Waals surface area contributed by atoms with Crippen LogP contribution in [-0.4, -0.2) is 11.7 Å². The number of carbonyl (C=O) groups excluding carboxylic acids is 1. The molecule has 110 valence electrons. The number of amides is 1. The van der Waals surface area contributed by atoms with E-state index in [1.807, 2.05) is 13.0 Å². The van der Waals surface area contributed by atoms with E-state index >= 15 is 0 Å². The van der Waals surface area contributed by atoms with Crippen LogP contribution in [0.2, 0.25) is 5.02 Å². The van der Waals surface area contributed by atoms with Crippen LogP contribution in [0.15, 0.2) is 41.3 Å². The fourth-order valence-electron chi connectivity index (χ4n) is 1.64. The van der Waals surface area contributed by atoms with Crippen LogP contribution < -0.4 is 5.32 Å². The summed E-state index contributed by atoms with van der Waals surface area (Å²) in [6.07, 6.45) is 0. The number of nitrogens with one attached hydrogen (secondary N) is 1. The summed E-state index contributed by atoms with van der Waals surface area (Å²) in [5.41, 5.74) is 1.49. The molecule has 0 saturated heterocycles. The molecular weight excluding hydrogens is 316 g/mol. The zero-order valence-electron chi connectivity index (χ0n) is 11.1. The quantitative estimate of drug-likeness (QED) is 0.828. The molecule has 2 nitrogen and oxygen atoms in total. The Balaban J connectivity index is 1.96. The van der Waals surface area contributed by atoms with Crippen molar-refractivity contribution in [1.29, 1.82) is 0 Å². The van der Waals surface area contributed by atoms with Crippen molar-refractivity contribution in [2.45, 2.75) is 11.8 Å². The van der Waals surface area contributed by atoms with Crippen molar-refractivity contribution in [1.82, 2.24) is 0 Å². The van der Waals surface area contributed by atoms with Gasteiger partial charge in [-0.3, -0.25) is 4.79 Å². The van der Waals surface area contributed by atoms with Gasteiger partial charge >= 0.3 is 0 Å². The summed E-state index contributed by atoms with van der Waals surface area (Å²) in [5.74, 6) is -1.63. The lowest BCUT2D eigenvalue weighted by Gasteiger charge is -2.08. The lowest BCUT2D eigenvalue weighted by Crippen LogP contribution is -2.14. The molecule has 2 rings (SSSR count). The number of thioether (sulfide) groups is 1. The fourth-order valence-corrected chi connectivity index (χ4v) is 2.65. The smallest absolute Gasteiger partial charge is 0.234 e. The lowest BCUT2D eigenvalue weighted by molar-refractivity contribution is -0.113. The van der Waals surface area contributed by atoms with Gasteiger partial charge in [0, 0.05) is 11.0 Å². The number of carbonyl (C=O) groups is 1. The number of benzene rings is 2. The van der Waals surface area contributed by atoms with Gasteiger partial charge in [0.05, 0.1) is 16.5 Å². The van der Waals surface area contributed by atoms with E-state index in [9.17, 15) is 13.6 Å². The Kier molecular flexibility index (Phi) is 5.20. The molecule has 0 unspecified atom stereocenters. The highest BCUT2D eigenvalue weighted by atomic mass is 35.5. The second kappa shape index (κ2) is 6.91. The molecule has 0 heterocycles. The fraction of sp³-hybridized carbons (Fsp3) is 0.133. The molecule has 0 atom stereocenters. The van der Waals surface area contributed by atoms with Crippen LogP contribution in [0.3, 0.4) is 0 Å². The first-order chi connectivity index (χ1) is 9.95. The van der Waals surface area contributed by atoms with Gasteiger partial charge in [0.2, 0.25) is 5.91 Å². The van der Waals surface area contributed by atoms with Crippen molar-refractivity contribution >= 4 is 35.0 Å². The maximum absolute atomic E-state index is 13.4. The van der Waals surface area contributed by atoms with E-state index in [4.69, 9.17) is 11.6 Å². The third-order valence-electron chi connectivity index (χ3n) is 2.65. The average Bonchev–Trinajstić information content (AvgIpc) is 2.41. The van der Waals surface area contributed by atoms with E-state index in [-0.39, 0.29) is 16.6 Å². The predicted molar refractivity (Wildman–Crippen MR) is 81.9 cm³/mol. The number of anilines is 1. The van der Waals surface area contributed by atoms with E-state index in [0.29, 0.717) is 10.7 Å². The standard InChI is InChI=1S/C15H12ClF2NOS/c1-9-2-4-13(11(16)6-9)19-15(20)8-21-14-5-3-10(17)7-12(14)18/h2-7H,8H2,1H3,(H,19,20). The van der Waals surface area contributed by atoms with Crippen LogP contribution in [0.1, 0.15) is 5.56 Å². The molecule has 1 N–H and O–H groups in total. The van der Waals surface area contributed by atoms with Crippen LogP contribution in [0.25, 0.3) is 0 Å². The minimum Gasteiger partial charge on any atom is -0.324 e. The van der Waals surface area contributed by atoms with E-state index < -0.39 is 11.6 Å². The van der Waals surface area contributed by atoms with Gasteiger partial charge in [0.1, 0.15) is 11.6 Å². The highest BCUT2D eigenvalue weighted by Gasteiger charge is 2.09. The molecule has 6 heteroatoms. The summed E-state index contributed by atoms with van der Waals surface area (Å²) < 4.78 is 26.2. The molecule has 0 saturated carbocycles. The van der Waals surface area contributed by atoms with E-state index in [2.05, 4.69) is 5.32 Å². The number of rotatable bonds is 4. The van der Waals surface area contributed by atoms with Crippen LogP contribution in [0.4, 0.5) is 14.5 Å². The maximum Gasteiger partial charge on any atom is 0.234 e. The van der Waals surface area contributed by atoms with Crippen molar-refractivity contribution < 1.29 is 13.6 Å². The van der Waals surface area contributed by atoms with Crippen molar-refractivity contribution in [3.63, 3.8) is 0 Å². The Morgan fingerprint density at radius 2 is 2.00 bits per heavy atom. The number of hydrogen-bond acceptors (Lipinski definition) is 2. The molecule has 0 aliphatic rings. The summed E-state index contributed by atoms with van der Waals surface area (Å²) >= 11 is 7.01. The van der Waals surface area contributed by atoms with E-state index in [0.717, 1.165) is 29.5 Å². The highest BCUT2D eigenvalue weighted by molar-refractivity contribution is 8.00. The Labute approximate surface area is 130 Å². The van der Waals surface area contributed by atoms with Crippen LogP contribution in [-0.2, 0) is 4.79 Å². The van der Waals surface area contributed by atoms with Gasteiger partial charge in [-0.05, 0) is 36.8 Å². The maximum atomic E-state index is 13.4. The molecular formula is C15H12ClF2NOS. The van der Waals surface area contributed by atoms with Crippen molar-refractivity contribution in [3.05, 3.63) is 58.6 Å². The number of aryl methyl sites for hydroxylation is 1. The molecule has 2 aromatic carbocycles. The average molecular weight is 328 g/mol. The molecule has 0 aliphatic carbocycles. The van der Waals surface area contributed by atoms with Crippen molar-refractivity contribution in [2.75, 3.05) is 11.1 Å². The predicted octanol–water partition coefficient (Wildman–Crippen LogP) is 4.66. The van der Waals surface area contributed by atoms with Crippen LogP contribution >= 0.6 is 23.4 Å². The third kappa shape index (κ3) is 4.44. The second-order valence-corrected chi connectivity index (χ2v) is 5.82. The topological polar surface area (TPSA) is 29.1 Å². The molecule has 0 aliphatic heterocycles. The van der Waals surface area contributed by atoms with Crippen molar-refractivity contribution in [2.24, 2.45) is 0 Å². The zero-order valence-corrected chi connectivity index (χ0v) is 12.7. The van der Waals surface area contributed by atoms with Gasteiger partial charge in [-0.15, -0.1) is 11.8 Å². The summed E-state index contributed by atoms with van der Waals surface area (Å²) in [5, 5.41) is 3.10. The largest absolute Gasteiger partial charge is 0.324 e. The van der Waals surface area contributed by atoms with E-state index in [1.165, 1.54) is 6.07 Å². The van der Waals surface area contributed by atoms with Crippen LogP contribution in [0, 0.1) is 18.6 Å². The number of hydrogen-bond donors (Lipinski definition) is 1. The molecule has 21 heavy (non-hydrogen) atoms. The van der Waals surface area contributed by atoms with Gasteiger partial charge < -0.3 is 5.32 Å². The van der Waals surface area contributed by atoms with Crippen molar-refractivity contribution in [3.8, 4) is 0 Å². The minimum absolute atomic E-state index is 0.00670. The Morgan fingerprint density at radius 3 is 2.67 bits per heavy atom. The Bertz CT molecular complexity index is 679. The second-order valence-electron chi connectivity index (χ2n) is 4.39. The Morgan fingerprint density at radius 1 is 1.24 bits per heavy atom. The van der Waals surface area contributed by atoms with Gasteiger partial charge in [0.25, 0.3) is 0 Å². The Hall–Kier alpha value is -1.59. The molecule has 0 bridgehead atoms. The summed E-state index contributed by atoms with van der Waals surface area (Å²) in [6, 6.07) is 8.52. The molecule has 1 amide bonds. The van der Waals surface area contributed by atoms with Gasteiger partial charge in [-0.2, -0.15) is 0 Å². The van der Waals surface area contributed by atoms with Gasteiger partial charge in [-0.1, -0.05) is 17.7 Å². The first-order valence-electron chi connectivity index (χ1n) is 6.09. The zero-order chi connectivity index (χ0) is 15.4. The summed E-state index contributed by atoms with van der Waals surface area (Å²) in [6.45, 7) is 1.89. The molecule has 0 spiro atoms. The monoisotopic (exact) mass is 327 g/mol. The van der Waals surface area contributed by atoms with E-state index in [1.54, 1.807) is 12.1 Å². The summed E-state index contributed by atoms with van der Waals surface area (Å²) in [4.78, 5) is 12.0. The highest BCUT2D eigenvalue weighted by Crippen LogP contribution is 2.25. The SMILES string of the molecule is Cc1ccc(NC(=O)CSc2ccc(F)cc2F)c(Cl)c1. The normalized spacial score (nSPS) is 10.5. The summed E-state index contributed by atoms with van der Waals surface area (Å²) in [7, 11) is 0. The number of halogens is 3. The molecule has 0 aromatic heterocycles. The van der Waals surface area contributed by atoms with Gasteiger partial charge in [0.15, 0.2) is 0 Å². The molecule has 2 aromatic rings. The molecule has 0 radical (unpaired) electrons. The first kappa shape index (κ1) is 15.8. The molecule has 0 fully saturated rings. The van der Waals surface area contributed by atoms with Crippen LogP contribution in [0.5, 0.6) is 0 Å². The van der Waals surface area contributed by atoms with Gasteiger partial charge in [-0.25, -0.2) is 8.78 Å².